The second-order valence-corrected chi connectivity index (χ2v) is 7.16. The zero-order chi connectivity index (χ0) is 20.1. The lowest BCUT2D eigenvalue weighted by molar-refractivity contribution is -0.125. The van der Waals surface area contributed by atoms with Gasteiger partial charge in [-0.3, -0.25) is 9.59 Å². The molecule has 2 aromatic carbocycles. The Morgan fingerprint density at radius 3 is 2.61 bits per heavy atom. The van der Waals surface area contributed by atoms with Crippen LogP contribution in [0.3, 0.4) is 0 Å². The lowest BCUT2D eigenvalue weighted by Crippen LogP contribution is -2.23. The molecule has 28 heavy (non-hydrogen) atoms. The number of hydrogen-bond acceptors (Lipinski definition) is 7. The van der Waals surface area contributed by atoms with Crippen molar-refractivity contribution in [3.05, 3.63) is 53.6 Å². The average Bonchev–Trinajstić information content (AvgIpc) is 3.17. The predicted molar refractivity (Wildman–Crippen MR) is 103 cm³/mol. The first-order chi connectivity index (χ1) is 13.5. The van der Waals surface area contributed by atoms with Crippen molar-refractivity contribution < 1.29 is 28.6 Å². The first-order valence-electron chi connectivity index (χ1n) is 8.47. The van der Waals surface area contributed by atoms with Crippen LogP contribution in [-0.4, -0.2) is 55.8 Å². The molecule has 0 saturated carbocycles. The zero-order valence-corrected chi connectivity index (χ0v) is 16.3. The summed E-state index contributed by atoms with van der Waals surface area (Å²) >= 11 is 1.25. The second kappa shape index (κ2) is 8.79. The largest absolute Gasteiger partial charge is 0.454 e. The third-order valence-corrected chi connectivity index (χ3v) is 5.04. The minimum atomic E-state index is -0.616. The molecule has 146 valence electrons. The van der Waals surface area contributed by atoms with E-state index in [9.17, 15) is 14.4 Å². The first kappa shape index (κ1) is 19.8. The summed E-state index contributed by atoms with van der Waals surface area (Å²) in [6, 6.07) is 11.6. The van der Waals surface area contributed by atoms with E-state index in [4.69, 9.17) is 14.2 Å². The summed E-state index contributed by atoms with van der Waals surface area (Å²) in [7, 11) is 3.34. The number of amides is 1. The molecule has 0 radical (unpaired) electrons. The molecule has 1 heterocycles. The van der Waals surface area contributed by atoms with E-state index in [-0.39, 0.29) is 24.2 Å². The van der Waals surface area contributed by atoms with E-state index in [0.29, 0.717) is 27.5 Å². The van der Waals surface area contributed by atoms with Gasteiger partial charge in [0.1, 0.15) is 0 Å². The van der Waals surface area contributed by atoms with Gasteiger partial charge in [0.05, 0.1) is 11.3 Å². The van der Waals surface area contributed by atoms with Gasteiger partial charge in [-0.25, -0.2) is 4.79 Å². The van der Waals surface area contributed by atoms with Gasteiger partial charge in [-0.05, 0) is 30.3 Å². The number of hydrogen-bond donors (Lipinski definition) is 0. The van der Waals surface area contributed by atoms with Gasteiger partial charge in [0.25, 0.3) is 0 Å². The van der Waals surface area contributed by atoms with Crippen molar-refractivity contribution in [3.63, 3.8) is 0 Å². The number of ketones is 1. The molecule has 0 saturated heterocycles. The lowest BCUT2D eigenvalue weighted by atomic mass is 10.1. The third kappa shape index (κ3) is 4.64. The molecule has 0 aliphatic carbocycles. The maximum Gasteiger partial charge on any atom is 0.339 e. The average molecular weight is 401 g/mol. The van der Waals surface area contributed by atoms with E-state index in [0.717, 1.165) is 0 Å². The number of fused-ring (bicyclic) bond motifs is 1. The minimum absolute atomic E-state index is 0.0637. The maximum atomic E-state index is 12.4. The Morgan fingerprint density at radius 1 is 1.07 bits per heavy atom. The molecule has 7 nitrogen and oxygen atoms in total. The summed E-state index contributed by atoms with van der Waals surface area (Å²) in [6.07, 6.45) is 0. The molecule has 0 aromatic heterocycles. The van der Waals surface area contributed by atoms with Gasteiger partial charge in [0.15, 0.2) is 23.9 Å². The van der Waals surface area contributed by atoms with Gasteiger partial charge in [-0.2, -0.15) is 0 Å². The molecule has 0 N–H and O–H groups in total. The Balaban J connectivity index is 1.62. The molecule has 3 rings (SSSR count). The number of rotatable bonds is 7. The summed E-state index contributed by atoms with van der Waals surface area (Å²) in [5.41, 5.74) is 0.689. The van der Waals surface area contributed by atoms with Gasteiger partial charge in [0, 0.05) is 24.6 Å². The SMILES string of the molecule is CN(C)C(=O)CSc1ccccc1C(=O)OCC(=O)c1ccc2c(c1)OCO2. The van der Waals surface area contributed by atoms with Crippen LogP contribution in [0.5, 0.6) is 11.5 Å². The summed E-state index contributed by atoms with van der Waals surface area (Å²) in [5, 5.41) is 0. The fraction of sp³-hybridized carbons (Fsp3) is 0.250. The quantitative estimate of drug-likeness (QED) is 0.401. The van der Waals surface area contributed by atoms with Crippen molar-refractivity contribution in [3.8, 4) is 11.5 Å². The Kier molecular flexibility index (Phi) is 6.20. The molecule has 1 aliphatic heterocycles. The van der Waals surface area contributed by atoms with Gasteiger partial charge in [-0.1, -0.05) is 12.1 Å². The molecular weight excluding hydrogens is 382 g/mol. The fourth-order valence-corrected chi connectivity index (χ4v) is 3.41. The van der Waals surface area contributed by atoms with E-state index in [1.807, 2.05) is 0 Å². The van der Waals surface area contributed by atoms with Crippen molar-refractivity contribution in [1.29, 1.82) is 0 Å². The van der Waals surface area contributed by atoms with Crippen molar-refractivity contribution >= 4 is 29.4 Å². The number of benzene rings is 2. The molecular formula is C20H19NO6S. The van der Waals surface area contributed by atoms with Crippen LogP contribution >= 0.6 is 11.8 Å². The van der Waals surface area contributed by atoms with E-state index in [2.05, 4.69) is 0 Å². The normalized spacial score (nSPS) is 11.8. The highest BCUT2D eigenvalue weighted by Gasteiger charge is 2.19. The molecule has 0 spiro atoms. The topological polar surface area (TPSA) is 82.1 Å². The van der Waals surface area contributed by atoms with Crippen LogP contribution in [-0.2, 0) is 9.53 Å². The highest BCUT2D eigenvalue weighted by Crippen LogP contribution is 2.32. The number of nitrogens with zero attached hydrogens (tertiary/aromatic N) is 1. The molecule has 1 aliphatic rings. The Hall–Kier alpha value is -3.00. The van der Waals surface area contributed by atoms with Crippen molar-refractivity contribution in [2.24, 2.45) is 0 Å². The molecule has 0 fully saturated rings. The number of thioether (sulfide) groups is 1. The summed E-state index contributed by atoms with van der Waals surface area (Å²) in [5.74, 6) is 0.240. The number of esters is 1. The fourth-order valence-electron chi connectivity index (χ4n) is 2.39. The number of carbonyl (C=O) groups is 3. The Bertz CT molecular complexity index is 911. The Labute approximate surface area is 166 Å². The predicted octanol–water partition coefficient (Wildman–Crippen LogP) is 2.64. The molecule has 0 bridgehead atoms. The molecule has 1 amide bonds. The van der Waals surface area contributed by atoms with Crippen molar-refractivity contribution in [2.45, 2.75) is 4.90 Å². The summed E-state index contributed by atoms with van der Waals surface area (Å²) in [4.78, 5) is 38.6. The minimum Gasteiger partial charge on any atom is -0.454 e. The van der Waals surface area contributed by atoms with E-state index >= 15 is 0 Å². The monoisotopic (exact) mass is 401 g/mol. The number of ether oxygens (including phenoxy) is 3. The third-order valence-electron chi connectivity index (χ3n) is 3.99. The van der Waals surface area contributed by atoms with E-state index in [1.54, 1.807) is 56.6 Å². The van der Waals surface area contributed by atoms with Crippen LogP contribution in [0.4, 0.5) is 0 Å². The van der Waals surface area contributed by atoms with Crippen molar-refractivity contribution in [1.82, 2.24) is 4.90 Å². The standard InChI is InChI=1S/C20H19NO6S/c1-21(2)19(23)11-28-18-6-4-3-5-14(18)20(24)25-10-15(22)13-7-8-16-17(9-13)27-12-26-16/h3-9H,10-12H2,1-2H3. The second-order valence-electron chi connectivity index (χ2n) is 6.14. The number of carbonyl (C=O) groups excluding carboxylic acids is 3. The zero-order valence-electron chi connectivity index (χ0n) is 15.5. The molecule has 8 heteroatoms. The van der Waals surface area contributed by atoms with Crippen LogP contribution in [0.2, 0.25) is 0 Å². The lowest BCUT2D eigenvalue weighted by Gasteiger charge is -2.12. The van der Waals surface area contributed by atoms with E-state index < -0.39 is 12.6 Å². The molecule has 0 unspecified atom stereocenters. The van der Waals surface area contributed by atoms with Gasteiger partial charge in [0.2, 0.25) is 12.7 Å². The van der Waals surface area contributed by atoms with Crippen LogP contribution in [0.1, 0.15) is 20.7 Å². The Morgan fingerprint density at radius 2 is 1.82 bits per heavy atom. The van der Waals surface area contributed by atoms with Crippen LogP contribution in [0, 0.1) is 0 Å². The van der Waals surface area contributed by atoms with Gasteiger partial charge < -0.3 is 19.1 Å². The number of Topliss-reactive ketones (excluding diaryl/α,β-unsaturated/α-hetero) is 1. The van der Waals surface area contributed by atoms with Crippen LogP contribution < -0.4 is 9.47 Å². The summed E-state index contributed by atoms with van der Waals surface area (Å²) in [6.45, 7) is -0.277. The van der Waals surface area contributed by atoms with Crippen LogP contribution in [0.15, 0.2) is 47.4 Å². The molecule has 2 aromatic rings. The molecule has 0 atom stereocenters. The van der Waals surface area contributed by atoms with E-state index in [1.165, 1.54) is 16.7 Å². The highest BCUT2D eigenvalue weighted by molar-refractivity contribution is 8.00. The highest BCUT2D eigenvalue weighted by atomic mass is 32.2. The van der Waals surface area contributed by atoms with Gasteiger partial charge >= 0.3 is 5.97 Å². The maximum absolute atomic E-state index is 12.4. The van der Waals surface area contributed by atoms with Crippen molar-refractivity contribution in [2.75, 3.05) is 33.2 Å². The summed E-state index contributed by atoms with van der Waals surface area (Å²) < 4.78 is 15.6. The van der Waals surface area contributed by atoms with Gasteiger partial charge in [-0.15, -0.1) is 11.8 Å². The first-order valence-corrected chi connectivity index (χ1v) is 9.46. The smallest absolute Gasteiger partial charge is 0.339 e. The van der Waals surface area contributed by atoms with Crippen LogP contribution in [0.25, 0.3) is 0 Å².